The number of hydrogen-bond donors (Lipinski definition) is 2. The molecule has 3 unspecified atom stereocenters. The van der Waals surface area contributed by atoms with Crippen molar-refractivity contribution in [3.8, 4) is 0 Å². The van der Waals surface area contributed by atoms with Gasteiger partial charge in [0, 0.05) is 6.61 Å². The fourth-order valence-electron chi connectivity index (χ4n) is 2.47. The molecule has 1 fully saturated rings. The first kappa shape index (κ1) is 12.5. The highest BCUT2D eigenvalue weighted by molar-refractivity contribution is 5.27. The summed E-state index contributed by atoms with van der Waals surface area (Å²) in [5.74, 6) is 5.79. The normalized spacial score (nSPS) is 26.1. The lowest BCUT2D eigenvalue weighted by Crippen LogP contribution is -2.38. The molecule has 0 bridgehead atoms. The molecule has 2 rings (SSSR count). The summed E-state index contributed by atoms with van der Waals surface area (Å²) < 4.78 is 19.1. The van der Waals surface area contributed by atoms with Crippen LogP contribution in [-0.2, 0) is 4.74 Å². The minimum Gasteiger partial charge on any atom is -0.376 e. The smallest absolute Gasteiger partial charge is 0.123 e. The monoisotopic (exact) mass is 238 g/mol. The summed E-state index contributed by atoms with van der Waals surface area (Å²) in [6.07, 6.45) is 1.04. The number of aryl methyl sites for hydroxylation is 1. The second-order valence-electron chi connectivity index (χ2n) is 4.81. The van der Waals surface area contributed by atoms with Crippen molar-refractivity contribution in [1.29, 1.82) is 0 Å². The molecule has 94 valence electrons. The predicted molar refractivity (Wildman–Crippen MR) is 64.7 cm³/mol. The summed E-state index contributed by atoms with van der Waals surface area (Å²) in [4.78, 5) is 0. The van der Waals surface area contributed by atoms with Crippen LogP contribution in [0.5, 0.6) is 0 Å². The number of nitrogens with two attached hydrogens (primary N) is 1. The van der Waals surface area contributed by atoms with Crippen molar-refractivity contribution in [3.63, 3.8) is 0 Å². The van der Waals surface area contributed by atoms with Gasteiger partial charge in [-0.1, -0.05) is 13.0 Å². The zero-order chi connectivity index (χ0) is 12.4. The van der Waals surface area contributed by atoms with Crippen LogP contribution < -0.4 is 11.3 Å². The van der Waals surface area contributed by atoms with Crippen LogP contribution in [0.3, 0.4) is 0 Å². The molecule has 3 nitrogen and oxygen atoms in total. The highest BCUT2D eigenvalue weighted by Gasteiger charge is 2.32. The molecule has 0 aliphatic carbocycles. The number of nitrogens with one attached hydrogen (secondary N) is 1. The molecule has 3 atom stereocenters. The molecular formula is C13H19FN2O. The van der Waals surface area contributed by atoms with Gasteiger partial charge in [0.2, 0.25) is 0 Å². The van der Waals surface area contributed by atoms with E-state index in [1.807, 2.05) is 13.0 Å². The van der Waals surface area contributed by atoms with Crippen LogP contribution >= 0.6 is 0 Å². The van der Waals surface area contributed by atoms with E-state index in [-0.39, 0.29) is 18.0 Å². The summed E-state index contributed by atoms with van der Waals surface area (Å²) in [6, 6.07) is 4.83. The first-order valence-corrected chi connectivity index (χ1v) is 5.96. The number of benzene rings is 1. The Morgan fingerprint density at radius 1 is 1.47 bits per heavy atom. The maximum atomic E-state index is 13.4. The number of hydrogen-bond acceptors (Lipinski definition) is 3. The van der Waals surface area contributed by atoms with Gasteiger partial charge in [0.05, 0.1) is 12.1 Å². The zero-order valence-electron chi connectivity index (χ0n) is 10.2. The third-order valence-electron chi connectivity index (χ3n) is 3.38. The molecule has 0 spiro atoms. The van der Waals surface area contributed by atoms with Gasteiger partial charge >= 0.3 is 0 Å². The van der Waals surface area contributed by atoms with Crippen molar-refractivity contribution >= 4 is 0 Å². The van der Waals surface area contributed by atoms with E-state index in [4.69, 9.17) is 10.6 Å². The Labute approximate surface area is 101 Å². The average molecular weight is 238 g/mol. The number of hydrazine groups is 1. The largest absolute Gasteiger partial charge is 0.376 e. The molecule has 17 heavy (non-hydrogen) atoms. The van der Waals surface area contributed by atoms with Gasteiger partial charge in [-0.15, -0.1) is 0 Å². The van der Waals surface area contributed by atoms with Crippen molar-refractivity contribution in [2.75, 3.05) is 6.61 Å². The van der Waals surface area contributed by atoms with Gasteiger partial charge in [0.15, 0.2) is 0 Å². The zero-order valence-corrected chi connectivity index (χ0v) is 10.2. The van der Waals surface area contributed by atoms with Crippen LogP contribution in [0.2, 0.25) is 0 Å². The molecule has 0 saturated carbocycles. The highest BCUT2D eigenvalue weighted by atomic mass is 19.1. The van der Waals surface area contributed by atoms with Gasteiger partial charge in [-0.3, -0.25) is 11.3 Å². The average Bonchev–Trinajstić information content (AvgIpc) is 2.65. The van der Waals surface area contributed by atoms with Crippen molar-refractivity contribution in [3.05, 3.63) is 35.1 Å². The van der Waals surface area contributed by atoms with Crippen molar-refractivity contribution in [2.45, 2.75) is 32.4 Å². The van der Waals surface area contributed by atoms with Crippen LogP contribution in [0.4, 0.5) is 4.39 Å². The summed E-state index contributed by atoms with van der Waals surface area (Å²) in [5.41, 5.74) is 4.50. The number of ether oxygens (including phenoxy) is 1. The topological polar surface area (TPSA) is 47.3 Å². The third-order valence-corrected chi connectivity index (χ3v) is 3.38. The van der Waals surface area contributed by atoms with Gasteiger partial charge in [-0.05, 0) is 42.5 Å². The fourth-order valence-corrected chi connectivity index (χ4v) is 2.47. The van der Waals surface area contributed by atoms with Crippen LogP contribution in [0.1, 0.15) is 30.5 Å². The number of halogens is 1. The summed E-state index contributed by atoms with van der Waals surface area (Å²) in [5, 5.41) is 0. The van der Waals surface area contributed by atoms with Crippen LogP contribution in [0, 0.1) is 18.7 Å². The van der Waals surface area contributed by atoms with Crippen molar-refractivity contribution in [2.24, 2.45) is 11.8 Å². The Kier molecular flexibility index (Phi) is 3.76. The highest BCUT2D eigenvalue weighted by Crippen LogP contribution is 2.31. The van der Waals surface area contributed by atoms with Gasteiger partial charge in [0.25, 0.3) is 0 Å². The van der Waals surface area contributed by atoms with E-state index in [0.717, 1.165) is 24.2 Å². The lowest BCUT2D eigenvalue weighted by molar-refractivity contribution is 0.0606. The van der Waals surface area contributed by atoms with Crippen LogP contribution in [-0.4, -0.2) is 12.7 Å². The molecule has 1 aromatic rings. The third kappa shape index (κ3) is 2.65. The first-order chi connectivity index (χ1) is 8.11. The molecule has 3 N–H and O–H groups in total. The van der Waals surface area contributed by atoms with Crippen molar-refractivity contribution in [1.82, 2.24) is 5.43 Å². The molecule has 4 heteroatoms. The van der Waals surface area contributed by atoms with Gasteiger partial charge in [-0.2, -0.15) is 0 Å². The molecule has 0 amide bonds. The van der Waals surface area contributed by atoms with E-state index in [9.17, 15) is 4.39 Å². The van der Waals surface area contributed by atoms with E-state index in [0.29, 0.717) is 5.92 Å². The molecule has 0 aromatic heterocycles. The van der Waals surface area contributed by atoms with E-state index in [2.05, 4.69) is 12.3 Å². The Morgan fingerprint density at radius 3 is 2.76 bits per heavy atom. The lowest BCUT2D eigenvalue weighted by atomic mass is 9.92. The van der Waals surface area contributed by atoms with Gasteiger partial charge in [-0.25, -0.2) is 4.39 Å². The summed E-state index contributed by atoms with van der Waals surface area (Å²) in [7, 11) is 0. The molecule has 1 saturated heterocycles. The van der Waals surface area contributed by atoms with E-state index < -0.39 is 0 Å². The van der Waals surface area contributed by atoms with E-state index >= 15 is 0 Å². The van der Waals surface area contributed by atoms with E-state index in [1.165, 1.54) is 12.1 Å². The molecular weight excluding hydrogens is 219 g/mol. The van der Waals surface area contributed by atoms with Crippen molar-refractivity contribution < 1.29 is 9.13 Å². The van der Waals surface area contributed by atoms with Gasteiger partial charge in [0.1, 0.15) is 5.82 Å². The quantitative estimate of drug-likeness (QED) is 0.626. The summed E-state index contributed by atoms with van der Waals surface area (Å²) in [6.45, 7) is 4.76. The first-order valence-electron chi connectivity index (χ1n) is 5.96. The Morgan fingerprint density at radius 2 is 2.24 bits per heavy atom. The lowest BCUT2D eigenvalue weighted by Gasteiger charge is -2.26. The second-order valence-corrected chi connectivity index (χ2v) is 4.81. The Balaban J connectivity index is 2.28. The molecule has 1 aromatic carbocycles. The Bertz CT molecular complexity index is 377. The standard InChI is InChI=1S/C13H19FN2O/c1-8-5-10(7-11(14)6-8)12(16-15)13-9(2)3-4-17-13/h5-7,9,12-13,16H,3-4,15H2,1-2H3. The maximum Gasteiger partial charge on any atom is 0.123 e. The predicted octanol–water partition coefficient (Wildman–Crippen LogP) is 2.06. The molecule has 0 radical (unpaired) electrons. The summed E-state index contributed by atoms with van der Waals surface area (Å²) >= 11 is 0. The maximum absolute atomic E-state index is 13.4. The molecule has 1 aliphatic heterocycles. The SMILES string of the molecule is Cc1cc(F)cc(C(NN)C2OCCC2C)c1. The van der Waals surface area contributed by atoms with E-state index in [1.54, 1.807) is 0 Å². The fraction of sp³-hybridized carbons (Fsp3) is 0.538. The van der Waals surface area contributed by atoms with Crippen LogP contribution in [0.15, 0.2) is 18.2 Å². The number of rotatable bonds is 3. The second kappa shape index (κ2) is 5.12. The minimum atomic E-state index is -0.231. The molecule has 1 heterocycles. The Hall–Kier alpha value is -0.970. The van der Waals surface area contributed by atoms with Crippen LogP contribution in [0.25, 0.3) is 0 Å². The molecule has 1 aliphatic rings. The minimum absolute atomic E-state index is 0.0150. The van der Waals surface area contributed by atoms with Gasteiger partial charge < -0.3 is 4.74 Å².